The van der Waals surface area contributed by atoms with E-state index in [0.29, 0.717) is 11.7 Å². The maximum Gasteiger partial charge on any atom is 0.196 e. The van der Waals surface area contributed by atoms with Crippen LogP contribution in [0.5, 0.6) is 0 Å². The highest BCUT2D eigenvalue weighted by atomic mass is 32.2. The number of anilines is 1. The Bertz CT molecular complexity index is 534. The van der Waals surface area contributed by atoms with Gasteiger partial charge in [-0.1, -0.05) is 6.92 Å². The van der Waals surface area contributed by atoms with Crippen LogP contribution in [0.3, 0.4) is 0 Å². The van der Waals surface area contributed by atoms with Crippen molar-refractivity contribution in [1.82, 2.24) is 9.38 Å². The van der Waals surface area contributed by atoms with Gasteiger partial charge in [0.05, 0.1) is 0 Å². The van der Waals surface area contributed by atoms with Crippen molar-refractivity contribution in [1.29, 1.82) is 0 Å². The van der Waals surface area contributed by atoms with Gasteiger partial charge in [-0.2, -0.15) is 11.8 Å². The fourth-order valence-corrected chi connectivity index (χ4v) is 3.59. The predicted molar refractivity (Wildman–Crippen MR) is 79.3 cm³/mol. The monoisotopic (exact) mass is 283 g/mol. The van der Waals surface area contributed by atoms with Crippen LogP contribution in [0.15, 0.2) is 11.6 Å². The zero-order chi connectivity index (χ0) is 13.1. The van der Waals surface area contributed by atoms with E-state index in [0.717, 1.165) is 29.2 Å². The smallest absolute Gasteiger partial charge is 0.196 e. The van der Waals surface area contributed by atoms with E-state index in [1.165, 1.54) is 0 Å². The first-order valence-electron chi connectivity index (χ1n) is 5.85. The van der Waals surface area contributed by atoms with Crippen molar-refractivity contribution in [3.05, 3.63) is 17.3 Å². The maximum atomic E-state index is 11.3. The standard InChI is InChI=1S/C12H17N3OS2/c1-4-9(8-17-3)14(2)11-10(7-16)15-5-6-18-12(15)13-11/h5-7,9H,4,8H2,1-3H3. The molecule has 2 aromatic rings. The summed E-state index contributed by atoms with van der Waals surface area (Å²) in [5.74, 6) is 1.83. The van der Waals surface area contributed by atoms with E-state index in [1.807, 2.05) is 34.8 Å². The Morgan fingerprint density at radius 3 is 3.06 bits per heavy atom. The summed E-state index contributed by atoms with van der Waals surface area (Å²) in [5, 5.41) is 1.94. The van der Waals surface area contributed by atoms with Crippen LogP contribution in [0.1, 0.15) is 23.8 Å². The molecule has 0 amide bonds. The number of rotatable bonds is 6. The largest absolute Gasteiger partial charge is 0.354 e. The molecular formula is C12H17N3OS2. The van der Waals surface area contributed by atoms with Gasteiger partial charge in [-0.3, -0.25) is 9.20 Å². The Morgan fingerprint density at radius 2 is 2.44 bits per heavy atom. The average molecular weight is 283 g/mol. The molecule has 18 heavy (non-hydrogen) atoms. The molecule has 0 saturated carbocycles. The van der Waals surface area contributed by atoms with Gasteiger partial charge in [0, 0.05) is 30.4 Å². The Balaban J connectivity index is 2.39. The summed E-state index contributed by atoms with van der Waals surface area (Å²) in [6, 6.07) is 0.406. The maximum absolute atomic E-state index is 11.3. The number of aromatic nitrogens is 2. The second-order valence-corrected chi connectivity index (χ2v) is 5.91. The number of nitrogens with zero attached hydrogens (tertiary/aromatic N) is 3. The lowest BCUT2D eigenvalue weighted by molar-refractivity contribution is 0.111. The summed E-state index contributed by atoms with van der Waals surface area (Å²) >= 11 is 3.37. The van der Waals surface area contributed by atoms with E-state index in [1.54, 1.807) is 11.3 Å². The molecule has 2 heterocycles. The van der Waals surface area contributed by atoms with Gasteiger partial charge in [-0.25, -0.2) is 4.98 Å². The highest BCUT2D eigenvalue weighted by Crippen LogP contribution is 2.25. The highest BCUT2D eigenvalue weighted by Gasteiger charge is 2.21. The molecule has 0 spiro atoms. The third kappa shape index (κ3) is 2.27. The Hall–Kier alpha value is -1.01. The van der Waals surface area contributed by atoms with Crippen LogP contribution in [-0.2, 0) is 0 Å². The molecule has 6 heteroatoms. The molecule has 2 aromatic heterocycles. The van der Waals surface area contributed by atoms with Crippen LogP contribution in [0.4, 0.5) is 5.82 Å². The average Bonchev–Trinajstić information content (AvgIpc) is 2.94. The topological polar surface area (TPSA) is 37.6 Å². The van der Waals surface area contributed by atoms with Gasteiger partial charge in [0.1, 0.15) is 5.69 Å². The molecule has 2 rings (SSSR count). The van der Waals surface area contributed by atoms with Gasteiger partial charge < -0.3 is 4.90 Å². The molecule has 1 atom stereocenters. The molecule has 98 valence electrons. The molecule has 0 bridgehead atoms. The zero-order valence-electron chi connectivity index (χ0n) is 10.8. The fraction of sp³-hybridized carbons (Fsp3) is 0.500. The molecule has 4 nitrogen and oxygen atoms in total. The first-order valence-corrected chi connectivity index (χ1v) is 8.12. The van der Waals surface area contributed by atoms with Crippen molar-refractivity contribution in [2.24, 2.45) is 0 Å². The van der Waals surface area contributed by atoms with Crippen LogP contribution in [0.25, 0.3) is 4.96 Å². The van der Waals surface area contributed by atoms with Crippen molar-refractivity contribution in [2.75, 3.05) is 24.0 Å². The van der Waals surface area contributed by atoms with Gasteiger partial charge >= 0.3 is 0 Å². The second-order valence-electron chi connectivity index (χ2n) is 4.12. The van der Waals surface area contributed by atoms with E-state index in [4.69, 9.17) is 0 Å². The molecule has 0 radical (unpaired) electrons. The van der Waals surface area contributed by atoms with Crippen molar-refractivity contribution in [3.63, 3.8) is 0 Å². The van der Waals surface area contributed by atoms with Crippen molar-refractivity contribution >= 4 is 40.2 Å². The summed E-state index contributed by atoms with van der Waals surface area (Å²) in [4.78, 5) is 18.8. The van der Waals surface area contributed by atoms with Crippen molar-refractivity contribution < 1.29 is 4.79 Å². The van der Waals surface area contributed by atoms with E-state index < -0.39 is 0 Å². The molecule has 0 saturated heterocycles. The van der Waals surface area contributed by atoms with Crippen LogP contribution >= 0.6 is 23.1 Å². The lowest BCUT2D eigenvalue weighted by Gasteiger charge is -2.27. The van der Waals surface area contributed by atoms with Crippen molar-refractivity contribution in [3.8, 4) is 0 Å². The van der Waals surface area contributed by atoms with Crippen LogP contribution in [-0.4, -0.2) is 40.8 Å². The third-order valence-corrected chi connectivity index (χ3v) is 4.58. The molecule has 0 N–H and O–H groups in total. The SMILES string of the molecule is CCC(CSC)N(C)c1nc2sccn2c1C=O. The lowest BCUT2D eigenvalue weighted by Crippen LogP contribution is -2.34. The lowest BCUT2D eigenvalue weighted by atomic mass is 10.2. The normalized spacial score (nSPS) is 12.8. The van der Waals surface area contributed by atoms with Crippen LogP contribution in [0, 0.1) is 0 Å². The number of imidazole rings is 1. The number of thioether (sulfide) groups is 1. The van der Waals surface area contributed by atoms with E-state index in [2.05, 4.69) is 23.1 Å². The van der Waals surface area contributed by atoms with E-state index >= 15 is 0 Å². The zero-order valence-corrected chi connectivity index (χ0v) is 12.4. The summed E-state index contributed by atoms with van der Waals surface area (Å²) in [5.41, 5.74) is 0.647. The van der Waals surface area contributed by atoms with Crippen LogP contribution < -0.4 is 4.90 Å². The number of thiazole rings is 1. The van der Waals surface area contributed by atoms with Gasteiger partial charge in [0.2, 0.25) is 0 Å². The number of carbonyl (C=O) groups excluding carboxylic acids is 1. The minimum Gasteiger partial charge on any atom is -0.354 e. The summed E-state index contributed by atoms with van der Waals surface area (Å²) in [6.07, 6.45) is 5.93. The molecule has 0 aliphatic rings. The fourth-order valence-electron chi connectivity index (χ4n) is 2.03. The first-order chi connectivity index (χ1) is 8.72. The molecule has 0 aromatic carbocycles. The first kappa shape index (κ1) is 13.4. The minimum atomic E-state index is 0.406. The second kappa shape index (κ2) is 5.75. The molecule has 0 aliphatic heterocycles. The molecule has 0 aliphatic carbocycles. The third-order valence-electron chi connectivity index (χ3n) is 3.10. The van der Waals surface area contributed by atoms with E-state index in [9.17, 15) is 4.79 Å². The predicted octanol–water partition coefficient (Wildman–Crippen LogP) is 2.79. The summed E-state index contributed by atoms with van der Waals surface area (Å²) in [6.45, 7) is 2.16. The van der Waals surface area contributed by atoms with Gasteiger partial charge in [0.15, 0.2) is 17.1 Å². The number of hydrogen-bond acceptors (Lipinski definition) is 5. The Kier molecular flexibility index (Phi) is 4.29. The summed E-state index contributed by atoms with van der Waals surface area (Å²) < 4.78 is 1.86. The molecule has 1 unspecified atom stereocenters. The molecular weight excluding hydrogens is 266 g/mol. The molecule has 0 fully saturated rings. The van der Waals surface area contributed by atoms with Gasteiger partial charge in [-0.15, -0.1) is 11.3 Å². The quantitative estimate of drug-likeness (QED) is 0.764. The minimum absolute atomic E-state index is 0.406. The van der Waals surface area contributed by atoms with Crippen LogP contribution in [0.2, 0.25) is 0 Å². The number of hydrogen-bond donors (Lipinski definition) is 0. The highest BCUT2D eigenvalue weighted by molar-refractivity contribution is 7.98. The summed E-state index contributed by atoms with van der Waals surface area (Å²) in [7, 11) is 2.02. The Morgan fingerprint density at radius 1 is 1.67 bits per heavy atom. The Labute approximate surface area is 115 Å². The number of fused-ring (bicyclic) bond motifs is 1. The number of carbonyl (C=O) groups is 1. The number of aldehydes is 1. The van der Waals surface area contributed by atoms with Gasteiger partial charge in [-0.05, 0) is 12.7 Å². The van der Waals surface area contributed by atoms with Crippen molar-refractivity contribution in [2.45, 2.75) is 19.4 Å². The van der Waals surface area contributed by atoms with Gasteiger partial charge in [0.25, 0.3) is 0 Å². The van der Waals surface area contributed by atoms with E-state index in [-0.39, 0.29) is 0 Å².